The van der Waals surface area contributed by atoms with Gasteiger partial charge in [-0.1, -0.05) is 0 Å². The highest BCUT2D eigenvalue weighted by Gasteiger charge is 2.38. The molecule has 122 valence electrons. The molecule has 1 aliphatic rings. The average molecular weight is 327 g/mol. The van der Waals surface area contributed by atoms with Gasteiger partial charge in [-0.3, -0.25) is 0 Å². The molecule has 22 heavy (non-hydrogen) atoms. The van der Waals surface area contributed by atoms with Crippen LogP contribution in [0.4, 0.5) is 31.1 Å². The van der Waals surface area contributed by atoms with Gasteiger partial charge in [-0.05, 0) is 30.7 Å². The predicted molar refractivity (Wildman–Crippen MR) is 62.9 cm³/mol. The van der Waals surface area contributed by atoms with E-state index >= 15 is 0 Å². The smallest absolute Gasteiger partial charge is 0.416 e. The molecule has 1 amide bonds. The summed E-state index contributed by atoms with van der Waals surface area (Å²) in [7, 11) is 0. The fourth-order valence-electron chi connectivity index (χ4n) is 2.16. The number of halogens is 6. The van der Waals surface area contributed by atoms with E-state index in [2.05, 4.69) is 5.32 Å². The molecule has 0 radical (unpaired) electrons. The Morgan fingerprint density at radius 1 is 1.05 bits per heavy atom. The van der Waals surface area contributed by atoms with Gasteiger partial charge < -0.3 is 10.1 Å². The normalized spacial score (nSPS) is 23.0. The summed E-state index contributed by atoms with van der Waals surface area (Å²) in [6.07, 6.45) is -11.8. The van der Waals surface area contributed by atoms with Gasteiger partial charge in [-0.2, -0.15) is 26.3 Å². The molecule has 0 spiro atoms. The summed E-state index contributed by atoms with van der Waals surface area (Å²) in [5.74, 6) is 0. The minimum Gasteiger partial charge on any atom is -0.441 e. The molecule has 2 rings (SSSR count). The Morgan fingerprint density at radius 2 is 1.55 bits per heavy atom. The van der Waals surface area contributed by atoms with Crippen molar-refractivity contribution in [2.45, 2.75) is 37.8 Å². The zero-order valence-electron chi connectivity index (χ0n) is 11.2. The number of hydrogen-bond donors (Lipinski definition) is 1. The van der Waals surface area contributed by atoms with E-state index in [0.29, 0.717) is 12.1 Å². The number of nitrogens with one attached hydrogen (secondary N) is 1. The van der Waals surface area contributed by atoms with Crippen molar-refractivity contribution in [3.8, 4) is 0 Å². The Bertz CT molecular complexity index is 549. The third-order valence-electron chi connectivity index (χ3n) is 3.16. The van der Waals surface area contributed by atoms with Crippen LogP contribution in [0.3, 0.4) is 0 Å². The number of amides is 1. The average Bonchev–Trinajstić information content (AvgIpc) is 2.35. The molecule has 2 unspecified atom stereocenters. The summed E-state index contributed by atoms with van der Waals surface area (Å²) in [6, 6.07) is 0.766. The van der Waals surface area contributed by atoms with Crippen molar-refractivity contribution in [2.75, 3.05) is 0 Å². The van der Waals surface area contributed by atoms with E-state index in [4.69, 9.17) is 4.74 Å². The van der Waals surface area contributed by atoms with E-state index in [9.17, 15) is 31.1 Å². The van der Waals surface area contributed by atoms with Gasteiger partial charge in [0, 0.05) is 12.5 Å². The van der Waals surface area contributed by atoms with E-state index in [1.54, 1.807) is 6.92 Å². The summed E-state index contributed by atoms with van der Waals surface area (Å²) in [4.78, 5) is 11.2. The SMILES string of the molecule is CC1CC(c2cc(C(F)(F)F)cc(C(F)(F)F)c2)OC(=O)N1. The van der Waals surface area contributed by atoms with Gasteiger partial charge >= 0.3 is 18.4 Å². The first-order valence-corrected chi connectivity index (χ1v) is 6.23. The minimum atomic E-state index is -4.93. The first kappa shape index (κ1) is 16.4. The first-order valence-electron chi connectivity index (χ1n) is 6.23. The van der Waals surface area contributed by atoms with Crippen LogP contribution in [0.2, 0.25) is 0 Å². The molecular formula is C13H11F6NO2. The van der Waals surface area contributed by atoms with Gasteiger partial charge in [0.05, 0.1) is 11.1 Å². The number of carbonyl (C=O) groups is 1. The van der Waals surface area contributed by atoms with Gasteiger partial charge in [-0.15, -0.1) is 0 Å². The lowest BCUT2D eigenvalue weighted by atomic mass is 9.96. The zero-order valence-corrected chi connectivity index (χ0v) is 11.2. The van der Waals surface area contributed by atoms with E-state index in [0.717, 1.165) is 0 Å². The van der Waals surface area contributed by atoms with E-state index in [-0.39, 0.29) is 18.1 Å². The number of carbonyl (C=O) groups excluding carboxylic acids is 1. The Kier molecular flexibility index (Phi) is 4.01. The Hall–Kier alpha value is -1.93. The second-order valence-electron chi connectivity index (χ2n) is 5.01. The van der Waals surface area contributed by atoms with Gasteiger partial charge in [-0.25, -0.2) is 4.79 Å². The van der Waals surface area contributed by atoms with E-state index in [1.165, 1.54) is 0 Å². The Morgan fingerprint density at radius 3 is 1.95 bits per heavy atom. The zero-order chi connectivity index (χ0) is 16.7. The second kappa shape index (κ2) is 5.36. The lowest BCUT2D eigenvalue weighted by Gasteiger charge is -2.29. The Balaban J connectivity index is 2.48. The topological polar surface area (TPSA) is 38.3 Å². The molecule has 0 aromatic heterocycles. The van der Waals surface area contributed by atoms with Crippen LogP contribution in [-0.4, -0.2) is 12.1 Å². The van der Waals surface area contributed by atoms with Crippen molar-refractivity contribution >= 4 is 6.09 Å². The third kappa shape index (κ3) is 3.63. The summed E-state index contributed by atoms with van der Waals surface area (Å²) >= 11 is 0. The van der Waals surface area contributed by atoms with Crippen molar-refractivity contribution in [2.24, 2.45) is 0 Å². The number of hydrogen-bond acceptors (Lipinski definition) is 2. The van der Waals surface area contributed by atoms with Gasteiger partial charge in [0.1, 0.15) is 6.10 Å². The highest BCUT2D eigenvalue weighted by molar-refractivity contribution is 5.68. The van der Waals surface area contributed by atoms with E-state index in [1.807, 2.05) is 0 Å². The highest BCUT2D eigenvalue weighted by Crippen LogP contribution is 2.39. The van der Waals surface area contributed by atoms with Crippen LogP contribution in [0.1, 0.15) is 36.1 Å². The standard InChI is InChI=1S/C13H11F6NO2/c1-6-2-10(22-11(21)20-6)7-3-8(12(14,15)16)5-9(4-7)13(17,18)19/h3-6,10H,2H2,1H3,(H,20,21). The fraction of sp³-hybridized carbons (Fsp3) is 0.462. The Labute approximate surface area is 121 Å². The van der Waals surface area contributed by atoms with Crippen LogP contribution in [0.15, 0.2) is 18.2 Å². The molecule has 1 aromatic carbocycles. The number of ether oxygens (including phenoxy) is 1. The van der Waals surface area contributed by atoms with Crippen molar-refractivity contribution in [1.82, 2.24) is 5.32 Å². The summed E-state index contributed by atoms with van der Waals surface area (Å²) < 4.78 is 81.4. The molecule has 9 heteroatoms. The molecule has 0 saturated carbocycles. The number of alkyl carbamates (subject to hydrolysis) is 1. The molecule has 0 aliphatic carbocycles. The molecule has 1 aliphatic heterocycles. The van der Waals surface area contributed by atoms with Crippen LogP contribution in [0.25, 0.3) is 0 Å². The van der Waals surface area contributed by atoms with E-state index < -0.39 is 41.7 Å². The molecule has 1 heterocycles. The van der Waals surface area contributed by atoms with Crippen LogP contribution < -0.4 is 5.32 Å². The van der Waals surface area contributed by atoms with Gasteiger partial charge in [0.25, 0.3) is 0 Å². The maximum Gasteiger partial charge on any atom is 0.416 e. The van der Waals surface area contributed by atoms with Crippen molar-refractivity contribution in [3.63, 3.8) is 0 Å². The second-order valence-corrected chi connectivity index (χ2v) is 5.01. The van der Waals surface area contributed by atoms with Crippen LogP contribution >= 0.6 is 0 Å². The van der Waals surface area contributed by atoms with Gasteiger partial charge in [0.2, 0.25) is 0 Å². The summed E-state index contributed by atoms with van der Waals surface area (Å²) in [5.41, 5.74) is -3.19. The molecule has 1 fully saturated rings. The van der Waals surface area contributed by atoms with Crippen molar-refractivity contribution in [3.05, 3.63) is 34.9 Å². The summed E-state index contributed by atoms with van der Waals surface area (Å²) in [5, 5.41) is 2.36. The summed E-state index contributed by atoms with van der Waals surface area (Å²) in [6.45, 7) is 1.58. The number of benzene rings is 1. The minimum absolute atomic E-state index is 0.0375. The largest absolute Gasteiger partial charge is 0.441 e. The molecular weight excluding hydrogens is 316 g/mol. The molecule has 3 nitrogen and oxygen atoms in total. The molecule has 0 bridgehead atoms. The number of rotatable bonds is 1. The maximum absolute atomic E-state index is 12.8. The monoisotopic (exact) mass is 327 g/mol. The van der Waals surface area contributed by atoms with Crippen molar-refractivity contribution in [1.29, 1.82) is 0 Å². The highest BCUT2D eigenvalue weighted by atomic mass is 19.4. The first-order chi connectivity index (χ1) is 9.96. The lowest BCUT2D eigenvalue weighted by Crippen LogP contribution is -2.40. The van der Waals surface area contributed by atoms with Crippen LogP contribution in [0, 0.1) is 0 Å². The molecule has 1 N–H and O–H groups in total. The fourth-order valence-corrected chi connectivity index (χ4v) is 2.16. The molecule has 1 aromatic rings. The molecule has 2 atom stereocenters. The van der Waals surface area contributed by atoms with Crippen LogP contribution in [0.5, 0.6) is 0 Å². The molecule has 1 saturated heterocycles. The van der Waals surface area contributed by atoms with Crippen LogP contribution in [-0.2, 0) is 17.1 Å². The third-order valence-corrected chi connectivity index (χ3v) is 3.16. The lowest BCUT2D eigenvalue weighted by molar-refractivity contribution is -0.143. The maximum atomic E-state index is 12.8. The van der Waals surface area contributed by atoms with Gasteiger partial charge in [0.15, 0.2) is 0 Å². The number of alkyl halides is 6. The predicted octanol–water partition coefficient (Wildman–Crippen LogP) is 4.28. The quantitative estimate of drug-likeness (QED) is 0.782. The van der Waals surface area contributed by atoms with Crippen molar-refractivity contribution < 1.29 is 35.9 Å². The number of cyclic esters (lactones) is 1.